The molecule has 4 heterocycles. The maximum absolute atomic E-state index is 5.99. The fourth-order valence-corrected chi connectivity index (χ4v) is 4.26. The summed E-state index contributed by atoms with van der Waals surface area (Å²) in [6.07, 6.45) is 0. The summed E-state index contributed by atoms with van der Waals surface area (Å²) in [7, 11) is 0. The van der Waals surface area contributed by atoms with Gasteiger partial charge in [0.2, 0.25) is 5.95 Å². The van der Waals surface area contributed by atoms with Crippen LogP contribution in [-0.4, -0.2) is 66.6 Å². The van der Waals surface area contributed by atoms with Gasteiger partial charge in [0.1, 0.15) is 5.82 Å². The summed E-state index contributed by atoms with van der Waals surface area (Å²) in [6, 6.07) is 12.3. The maximum atomic E-state index is 5.99. The van der Waals surface area contributed by atoms with E-state index in [1.165, 1.54) is 0 Å². The van der Waals surface area contributed by atoms with Gasteiger partial charge in [-0.15, -0.1) is 0 Å². The van der Waals surface area contributed by atoms with Gasteiger partial charge in [-0.1, -0.05) is 26.0 Å². The van der Waals surface area contributed by atoms with Gasteiger partial charge < -0.3 is 25.0 Å². The molecule has 0 unspecified atom stereocenters. The van der Waals surface area contributed by atoms with Gasteiger partial charge >= 0.3 is 0 Å². The Morgan fingerprint density at radius 2 is 1.58 bits per heavy atom. The quantitative estimate of drug-likeness (QED) is 0.604. The molecule has 2 fully saturated rings. The predicted octanol–water partition coefficient (Wildman–Crippen LogP) is 3.75. The summed E-state index contributed by atoms with van der Waals surface area (Å²) in [5, 5.41) is 0.950. The first-order valence-electron chi connectivity index (χ1n) is 11.8. The minimum Gasteiger partial charge on any atom is -0.399 e. The monoisotopic (exact) mass is 450 g/mol. The number of anilines is 3. The Bertz CT molecular complexity index is 1090. The average Bonchev–Trinajstić information content (AvgIpc) is 2.85. The number of hydrogen-bond donors (Lipinski definition) is 1. The molecule has 2 aliphatic heterocycles. The third-order valence-corrected chi connectivity index (χ3v) is 5.97. The third kappa shape index (κ3) is 4.86. The Labute approximate surface area is 195 Å². The summed E-state index contributed by atoms with van der Waals surface area (Å²) in [6.45, 7) is 12.6. The van der Waals surface area contributed by atoms with E-state index in [1.807, 2.05) is 44.2 Å². The molecular weight excluding hydrogens is 416 g/mol. The van der Waals surface area contributed by atoms with Crippen molar-refractivity contribution in [1.29, 1.82) is 0 Å². The minimum absolute atomic E-state index is 0.207. The molecule has 2 N–H and O–H groups in total. The molecule has 8 nitrogen and oxygen atoms in total. The molecule has 0 bridgehead atoms. The van der Waals surface area contributed by atoms with Crippen LogP contribution in [0.3, 0.4) is 0 Å². The Hall–Kier alpha value is -2.97. The van der Waals surface area contributed by atoms with E-state index in [2.05, 4.69) is 29.7 Å². The fraction of sp³-hybridized carbons (Fsp3) is 0.480. The van der Waals surface area contributed by atoms with Gasteiger partial charge in [0, 0.05) is 24.3 Å². The van der Waals surface area contributed by atoms with E-state index in [-0.39, 0.29) is 12.1 Å². The molecule has 5 rings (SSSR count). The van der Waals surface area contributed by atoms with E-state index in [1.54, 1.807) is 0 Å². The number of pyridine rings is 1. The van der Waals surface area contributed by atoms with Crippen molar-refractivity contribution in [2.24, 2.45) is 0 Å². The molecule has 1 aromatic carbocycles. The summed E-state index contributed by atoms with van der Waals surface area (Å²) in [5.74, 6) is 1.62. The van der Waals surface area contributed by atoms with Gasteiger partial charge in [0.25, 0.3) is 0 Å². The van der Waals surface area contributed by atoms with Crippen molar-refractivity contribution in [3.05, 3.63) is 36.4 Å². The predicted molar refractivity (Wildman–Crippen MR) is 134 cm³/mol. The molecule has 2 saturated heterocycles. The number of rotatable bonds is 3. The first-order valence-corrected chi connectivity index (χ1v) is 11.8. The summed E-state index contributed by atoms with van der Waals surface area (Å²) in [5.41, 5.74) is 9.22. The van der Waals surface area contributed by atoms with E-state index in [0.29, 0.717) is 43.7 Å². The van der Waals surface area contributed by atoms with Crippen molar-refractivity contribution < 1.29 is 9.47 Å². The van der Waals surface area contributed by atoms with Crippen molar-refractivity contribution in [1.82, 2.24) is 15.0 Å². The van der Waals surface area contributed by atoms with Crippen molar-refractivity contribution >= 4 is 28.5 Å². The molecule has 0 spiro atoms. The zero-order chi connectivity index (χ0) is 23.4. The normalized spacial score (nSPS) is 21.0. The van der Waals surface area contributed by atoms with Gasteiger partial charge in [-0.2, -0.15) is 9.97 Å². The van der Waals surface area contributed by atoms with Gasteiger partial charge in [-0.25, -0.2) is 4.98 Å². The minimum atomic E-state index is 0.207. The molecule has 0 saturated carbocycles. The number of nitrogens with zero attached hydrogens (tertiary/aromatic N) is 5. The summed E-state index contributed by atoms with van der Waals surface area (Å²) >= 11 is 0. The van der Waals surface area contributed by atoms with E-state index >= 15 is 0 Å². The maximum Gasteiger partial charge on any atom is 0.229 e. The van der Waals surface area contributed by atoms with Gasteiger partial charge in [0.15, 0.2) is 5.65 Å². The van der Waals surface area contributed by atoms with Crippen LogP contribution >= 0.6 is 0 Å². The second-order valence-corrected chi connectivity index (χ2v) is 8.27. The van der Waals surface area contributed by atoms with Crippen LogP contribution in [0.2, 0.25) is 0 Å². The largest absolute Gasteiger partial charge is 0.399 e. The smallest absolute Gasteiger partial charge is 0.229 e. The molecule has 8 heteroatoms. The van der Waals surface area contributed by atoms with Crippen molar-refractivity contribution in [3.8, 4) is 11.3 Å². The van der Waals surface area contributed by atoms with Gasteiger partial charge in [-0.3, -0.25) is 0 Å². The van der Waals surface area contributed by atoms with E-state index in [0.717, 1.165) is 35.6 Å². The number of morpholine rings is 2. The highest BCUT2D eigenvalue weighted by molar-refractivity contribution is 5.90. The lowest BCUT2D eigenvalue weighted by atomic mass is 10.1. The number of benzene rings is 1. The van der Waals surface area contributed by atoms with Crippen molar-refractivity contribution in [3.63, 3.8) is 0 Å². The van der Waals surface area contributed by atoms with Gasteiger partial charge in [-0.05, 0) is 38.1 Å². The zero-order valence-electron chi connectivity index (χ0n) is 20.0. The number of fused-ring (bicyclic) bond motifs is 1. The number of nitrogens with two attached hydrogens (primary N) is 1. The Balaban J connectivity index is 0.00000126. The summed E-state index contributed by atoms with van der Waals surface area (Å²) in [4.78, 5) is 19.4. The number of hydrogen-bond acceptors (Lipinski definition) is 8. The van der Waals surface area contributed by atoms with Crippen LogP contribution in [0.1, 0.15) is 27.7 Å². The van der Waals surface area contributed by atoms with Gasteiger partial charge in [0.05, 0.1) is 49.6 Å². The number of aromatic nitrogens is 3. The number of ether oxygens (including phenoxy) is 2. The van der Waals surface area contributed by atoms with E-state index in [9.17, 15) is 0 Å². The van der Waals surface area contributed by atoms with Crippen LogP contribution in [0.5, 0.6) is 0 Å². The first kappa shape index (κ1) is 23.2. The number of nitrogen functional groups attached to an aromatic ring is 1. The first-order chi connectivity index (χ1) is 16.1. The Kier molecular flexibility index (Phi) is 7.25. The van der Waals surface area contributed by atoms with Crippen molar-refractivity contribution in [2.75, 3.05) is 55.1 Å². The molecule has 2 aromatic heterocycles. The highest BCUT2D eigenvalue weighted by atomic mass is 16.5. The average molecular weight is 451 g/mol. The Morgan fingerprint density at radius 3 is 2.24 bits per heavy atom. The second-order valence-electron chi connectivity index (χ2n) is 8.27. The highest BCUT2D eigenvalue weighted by Gasteiger charge is 2.27. The molecule has 176 valence electrons. The molecule has 0 amide bonds. The van der Waals surface area contributed by atoms with Crippen LogP contribution < -0.4 is 15.5 Å². The molecule has 2 atom stereocenters. The highest BCUT2D eigenvalue weighted by Crippen LogP contribution is 2.31. The summed E-state index contributed by atoms with van der Waals surface area (Å²) < 4.78 is 11.3. The second kappa shape index (κ2) is 10.3. The Morgan fingerprint density at radius 1 is 0.879 bits per heavy atom. The van der Waals surface area contributed by atoms with Crippen molar-refractivity contribution in [2.45, 2.75) is 39.8 Å². The molecule has 0 radical (unpaired) electrons. The lowest BCUT2D eigenvalue weighted by Crippen LogP contribution is -2.46. The SMILES string of the molecule is CC.C[C@H]1COCCN1c1nc(N2CCOC[C@@H]2C)c2ccc(-c3cccc(N)c3)nc2n1. The molecule has 2 aliphatic rings. The van der Waals surface area contributed by atoms with E-state index < -0.39 is 0 Å². The fourth-order valence-electron chi connectivity index (χ4n) is 4.26. The molecular formula is C25H34N6O2. The third-order valence-electron chi connectivity index (χ3n) is 5.97. The zero-order valence-corrected chi connectivity index (χ0v) is 20.0. The topological polar surface area (TPSA) is 89.6 Å². The van der Waals surface area contributed by atoms with Crippen LogP contribution in [0.25, 0.3) is 22.3 Å². The lowest BCUT2D eigenvalue weighted by Gasteiger charge is -2.37. The van der Waals surface area contributed by atoms with E-state index in [4.69, 9.17) is 30.2 Å². The van der Waals surface area contributed by atoms with Crippen LogP contribution in [-0.2, 0) is 9.47 Å². The molecule has 0 aliphatic carbocycles. The lowest BCUT2D eigenvalue weighted by molar-refractivity contribution is 0.0973. The van der Waals surface area contributed by atoms with Crippen LogP contribution in [0, 0.1) is 0 Å². The standard InChI is InChI=1S/C23H28N6O2.C2H6/c1-15-13-30-10-8-28(15)22-19-6-7-20(17-4-3-5-18(24)12-17)25-21(19)26-23(27-22)29-9-11-31-14-16(29)2;1-2/h3-7,12,15-16H,8-11,13-14,24H2,1-2H3;1-2H3/t15-,16-;/m0./s1. The molecule has 3 aromatic rings. The van der Waals surface area contributed by atoms with Crippen LogP contribution in [0.15, 0.2) is 36.4 Å². The molecule has 33 heavy (non-hydrogen) atoms. The van der Waals surface area contributed by atoms with Crippen LogP contribution in [0.4, 0.5) is 17.5 Å².